The topological polar surface area (TPSA) is 36.0 Å². The van der Waals surface area contributed by atoms with Crippen LogP contribution in [0.4, 0.5) is 4.79 Å². The standard InChI is InChI=1S/C21H32BrN3O2/c1-21(2,3)27-20(26)25-10-8-19(9-11-25)24-14-12-23(13-15-24)16-17-4-6-18(22)7-5-17/h4-7,19H,8-16H2,1-3H3. The Labute approximate surface area is 171 Å². The summed E-state index contributed by atoms with van der Waals surface area (Å²) in [6.07, 6.45) is 1.93. The van der Waals surface area contributed by atoms with Crippen molar-refractivity contribution < 1.29 is 9.53 Å². The molecule has 0 aromatic heterocycles. The summed E-state index contributed by atoms with van der Waals surface area (Å²) in [6, 6.07) is 9.22. The minimum absolute atomic E-state index is 0.166. The summed E-state index contributed by atoms with van der Waals surface area (Å²) >= 11 is 3.50. The van der Waals surface area contributed by atoms with Crippen molar-refractivity contribution in [3.05, 3.63) is 34.3 Å². The van der Waals surface area contributed by atoms with Crippen LogP contribution in [0.2, 0.25) is 0 Å². The molecule has 5 nitrogen and oxygen atoms in total. The molecule has 6 heteroatoms. The van der Waals surface area contributed by atoms with Crippen molar-refractivity contribution in [2.45, 2.75) is 51.8 Å². The predicted molar refractivity (Wildman–Crippen MR) is 112 cm³/mol. The summed E-state index contributed by atoms with van der Waals surface area (Å²) in [7, 11) is 0. The quantitative estimate of drug-likeness (QED) is 0.716. The third-order valence-corrected chi connectivity index (χ3v) is 5.89. The van der Waals surface area contributed by atoms with E-state index in [-0.39, 0.29) is 6.09 Å². The fraction of sp³-hybridized carbons (Fsp3) is 0.667. The SMILES string of the molecule is CC(C)(C)OC(=O)N1CCC(N2CCN(Cc3ccc(Br)cc3)CC2)CC1. The molecule has 2 saturated heterocycles. The molecular weight excluding hydrogens is 406 g/mol. The van der Waals surface area contributed by atoms with Crippen molar-refractivity contribution in [3.8, 4) is 0 Å². The molecule has 0 aliphatic carbocycles. The highest BCUT2D eigenvalue weighted by atomic mass is 79.9. The van der Waals surface area contributed by atoms with Crippen LogP contribution in [0.5, 0.6) is 0 Å². The van der Waals surface area contributed by atoms with E-state index >= 15 is 0 Å². The van der Waals surface area contributed by atoms with E-state index in [2.05, 4.69) is 50.0 Å². The highest BCUT2D eigenvalue weighted by molar-refractivity contribution is 9.10. The maximum Gasteiger partial charge on any atom is 0.410 e. The molecule has 150 valence electrons. The fourth-order valence-corrected chi connectivity index (χ4v) is 4.14. The van der Waals surface area contributed by atoms with Gasteiger partial charge in [0.05, 0.1) is 0 Å². The van der Waals surface area contributed by atoms with Crippen molar-refractivity contribution in [1.29, 1.82) is 0 Å². The van der Waals surface area contributed by atoms with Crippen LogP contribution in [0, 0.1) is 0 Å². The largest absolute Gasteiger partial charge is 0.444 e. The van der Waals surface area contributed by atoms with E-state index in [9.17, 15) is 4.79 Å². The number of rotatable bonds is 3. The maximum atomic E-state index is 12.2. The summed E-state index contributed by atoms with van der Waals surface area (Å²) in [4.78, 5) is 19.2. The number of hydrogen-bond acceptors (Lipinski definition) is 4. The van der Waals surface area contributed by atoms with Gasteiger partial charge in [0.15, 0.2) is 0 Å². The molecule has 27 heavy (non-hydrogen) atoms. The lowest BCUT2D eigenvalue weighted by atomic mass is 10.0. The number of nitrogens with zero attached hydrogens (tertiary/aromatic N) is 3. The molecule has 2 fully saturated rings. The van der Waals surface area contributed by atoms with Crippen molar-refractivity contribution >= 4 is 22.0 Å². The highest BCUT2D eigenvalue weighted by Crippen LogP contribution is 2.21. The smallest absolute Gasteiger partial charge is 0.410 e. The van der Waals surface area contributed by atoms with Crippen LogP contribution in [0.3, 0.4) is 0 Å². The summed E-state index contributed by atoms with van der Waals surface area (Å²) in [5.74, 6) is 0. The number of piperazine rings is 1. The molecule has 1 aromatic rings. The van der Waals surface area contributed by atoms with Crippen molar-refractivity contribution in [1.82, 2.24) is 14.7 Å². The molecule has 2 aliphatic heterocycles. The second-order valence-corrected chi connectivity index (χ2v) is 9.55. The van der Waals surface area contributed by atoms with E-state index in [0.29, 0.717) is 6.04 Å². The van der Waals surface area contributed by atoms with Gasteiger partial charge in [-0.3, -0.25) is 9.80 Å². The van der Waals surface area contributed by atoms with Gasteiger partial charge in [0, 0.05) is 56.3 Å². The van der Waals surface area contributed by atoms with E-state index in [1.165, 1.54) is 5.56 Å². The van der Waals surface area contributed by atoms with E-state index < -0.39 is 5.60 Å². The second kappa shape index (κ2) is 8.93. The fourth-order valence-electron chi connectivity index (χ4n) is 3.87. The molecule has 0 spiro atoms. The van der Waals surface area contributed by atoms with E-state index in [1.54, 1.807) is 0 Å². The lowest BCUT2D eigenvalue weighted by molar-refractivity contribution is 0.00969. The molecule has 0 unspecified atom stereocenters. The molecule has 0 saturated carbocycles. The Morgan fingerprint density at radius 3 is 2.19 bits per heavy atom. The molecule has 1 aromatic carbocycles. The number of ether oxygens (including phenoxy) is 1. The monoisotopic (exact) mass is 437 g/mol. The predicted octanol–water partition coefficient (Wildman–Crippen LogP) is 3.97. The number of halogens is 1. The van der Waals surface area contributed by atoms with Crippen LogP contribution in [0.25, 0.3) is 0 Å². The number of benzene rings is 1. The van der Waals surface area contributed by atoms with Crippen LogP contribution in [-0.4, -0.2) is 71.7 Å². The van der Waals surface area contributed by atoms with Gasteiger partial charge in [0.2, 0.25) is 0 Å². The summed E-state index contributed by atoms with van der Waals surface area (Å²) in [6.45, 7) is 12.9. The van der Waals surface area contributed by atoms with Crippen LogP contribution >= 0.6 is 15.9 Å². The number of hydrogen-bond donors (Lipinski definition) is 0. The lowest BCUT2D eigenvalue weighted by Gasteiger charge is -2.42. The Morgan fingerprint density at radius 1 is 1.04 bits per heavy atom. The molecule has 0 atom stereocenters. The Hall–Kier alpha value is -1.11. The van der Waals surface area contributed by atoms with Crippen molar-refractivity contribution in [3.63, 3.8) is 0 Å². The van der Waals surface area contributed by atoms with Gasteiger partial charge in [0.25, 0.3) is 0 Å². The number of amides is 1. The van der Waals surface area contributed by atoms with Crippen LogP contribution in [0.1, 0.15) is 39.2 Å². The van der Waals surface area contributed by atoms with E-state index in [0.717, 1.165) is 63.1 Å². The van der Waals surface area contributed by atoms with E-state index in [4.69, 9.17) is 4.74 Å². The van der Waals surface area contributed by atoms with Crippen LogP contribution in [-0.2, 0) is 11.3 Å². The zero-order valence-electron chi connectivity index (χ0n) is 16.8. The molecular formula is C21H32BrN3O2. The zero-order chi connectivity index (χ0) is 19.4. The normalized spacial score (nSPS) is 20.7. The Kier molecular flexibility index (Phi) is 6.82. The first-order valence-corrected chi connectivity index (χ1v) is 10.8. The molecule has 0 bridgehead atoms. The average molecular weight is 438 g/mol. The average Bonchev–Trinajstić information content (AvgIpc) is 2.63. The first kappa shape index (κ1) is 20.6. The van der Waals surface area contributed by atoms with Crippen LogP contribution < -0.4 is 0 Å². The minimum Gasteiger partial charge on any atom is -0.444 e. The molecule has 0 radical (unpaired) electrons. The number of carbonyl (C=O) groups excluding carboxylic acids is 1. The number of piperidine rings is 1. The highest BCUT2D eigenvalue weighted by Gasteiger charge is 2.30. The van der Waals surface area contributed by atoms with Gasteiger partial charge in [-0.25, -0.2) is 4.79 Å². The van der Waals surface area contributed by atoms with Gasteiger partial charge in [-0.2, -0.15) is 0 Å². The van der Waals surface area contributed by atoms with Gasteiger partial charge in [-0.15, -0.1) is 0 Å². The Bertz CT molecular complexity index is 613. The summed E-state index contributed by atoms with van der Waals surface area (Å²) in [5.41, 5.74) is 0.955. The van der Waals surface area contributed by atoms with Gasteiger partial charge in [-0.05, 0) is 51.3 Å². The molecule has 1 amide bonds. The maximum absolute atomic E-state index is 12.2. The third-order valence-electron chi connectivity index (χ3n) is 5.36. The van der Waals surface area contributed by atoms with E-state index in [1.807, 2.05) is 25.7 Å². The number of likely N-dealkylation sites (tertiary alicyclic amines) is 1. The van der Waals surface area contributed by atoms with Crippen molar-refractivity contribution in [2.75, 3.05) is 39.3 Å². The van der Waals surface area contributed by atoms with Gasteiger partial charge >= 0.3 is 6.09 Å². The molecule has 0 N–H and O–H groups in total. The molecule has 3 rings (SSSR count). The summed E-state index contributed by atoms with van der Waals surface area (Å²) < 4.78 is 6.63. The number of carbonyl (C=O) groups is 1. The van der Waals surface area contributed by atoms with Crippen LogP contribution in [0.15, 0.2) is 28.7 Å². The zero-order valence-corrected chi connectivity index (χ0v) is 18.4. The first-order valence-electron chi connectivity index (χ1n) is 9.99. The summed E-state index contributed by atoms with van der Waals surface area (Å²) in [5, 5.41) is 0. The molecule has 2 aliphatic rings. The third kappa shape index (κ3) is 6.19. The van der Waals surface area contributed by atoms with Gasteiger partial charge in [-0.1, -0.05) is 28.1 Å². The Morgan fingerprint density at radius 2 is 1.63 bits per heavy atom. The lowest BCUT2D eigenvalue weighted by Crippen LogP contribution is -2.53. The minimum atomic E-state index is -0.418. The van der Waals surface area contributed by atoms with Gasteiger partial charge < -0.3 is 9.64 Å². The Balaban J connectivity index is 1.40. The van der Waals surface area contributed by atoms with Crippen molar-refractivity contribution in [2.24, 2.45) is 0 Å². The first-order chi connectivity index (χ1) is 12.8. The molecule has 2 heterocycles. The van der Waals surface area contributed by atoms with Gasteiger partial charge in [0.1, 0.15) is 5.60 Å². The second-order valence-electron chi connectivity index (χ2n) is 8.64.